The Morgan fingerprint density at radius 1 is 1.24 bits per heavy atom. The molecular weight excluding hydrogens is 272 g/mol. The van der Waals surface area contributed by atoms with Crippen LogP contribution in [0.5, 0.6) is 5.75 Å². The number of primary amides is 1. The molecule has 0 atom stereocenters. The van der Waals surface area contributed by atoms with Crippen LogP contribution in [-0.4, -0.2) is 23.4 Å². The smallest absolute Gasteiger partial charge is 0.276 e. The van der Waals surface area contributed by atoms with Crippen molar-refractivity contribution in [2.24, 2.45) is 5.73 Å². The fourth-order valence-corrected chi connectivity index (χ4v) is 1.62. The molecule has 0 saturated heterocycles. The van der Waals surface area contributed by atoms with E-state index in [0.717, 1.165) is 0 Å². The molecule has 0 spiro atoms. The van der Waals surface area contributed by atoms with Gasteiger partial charge in [-0.05, 0) is 24.3 Å². The summed E-state index contributed by atoms with van der Waals surface area (Å²) in [4.78, 5) is 26.6. The van der Waals surface area contributed by atoms with Gasteiger partial charge in [-0.25, -0.2) is 4.98 Å². The summed E-state index contributed by atoms with van der Waals surface area (Å²) >= 11 is 0. The zero-order valence-corrected chi connectivity index (χ0v) is 11.1. The van der Waals surface area contributed by atoms with Crippen molar-refractivity contribution in [3.8, 4) is 5.75 Å². The summed E-state index contributed by atoms with van der Waals surface area (Å²) in [6.07, 6.45) is 1.48. The minimum atomic E-state index is -0.578. The van der Waals surface area contributed by atoms with E-state index in [2.05, 4.69) is 10.3 Å². The molecule has 1 aromatic carbocycles. The zero-order chi connectivity index (χ0) is 15.2. The van der Waals surface area contributed by atoms with Crippen LogP contribution in [0.4, 0.5) is 11.4 Å². The Balaban J connectivity index is 2.09. The molecule has 1 heterocycles. The molecule has 108 valence electrons. The van der Waals surface area contributed by atoms with E-state index < -0.39 is 11.8 Å². The molecule has 0 bridgehead atoms. The number of nitrogen functional groups attached to an aromatic ring is 1. The van der Waals surface area contributed by atoms with Gasteiger partial charge in [-0.1, -0.05) is 6.07 Å². The maximum absolute atomic E-state index is 12.0. The summed E-state index contributed by atoms with van der Waals surface area (Å²) in [5, 5.41) is 2.65. The minimum absolute atomic E-state index is 0.140. The van der Waals surface area contributed by atoms with Crippen molar-refractivity contribution in [1.29, 1.82) is 0 Å². The molecule has 1 aromatic heterocycles. The average Bonchev–Trinajstić information content (AvgIpc) is 2.46. The van der Waals surface area contributed by atoms with Crippen LogP contribution in [0.2, 0.25) is 0 Å². The summed E-state index contributed by atoms with van der Waals surface area (Å²) < 4.78 is 5.15. The largest absolute Gasteiger partial charge is 0.484 e. The Morgan fingerprint density at radius 3 is 2.76 bits per heavy atom. The second-order valence-electron chi connectivity index (χ2n) is 4.18. The summed E-state index contributed by atoms with van der Waals surface area (Å²) in [5.74, 6) is -0.591. The second-order valence-corrected chi connectivity index (χ2v) is 4.18. The molecule has 5 N–H and O–H groups in total. The second kappa shape index (κ2) is 6.38. The van der Waals surface area contributed by atoms with Gasteiger partial charge in [-0.15, -0.1) is 0 Å². The molecule has 2 rings (SSSR count). The third-order valence-corrected chi connectivity index (χ3v) is 2.53. The maximum Gasteiger partial charge on any atom is 0.276 e. The van der Waals surface area contributed by atoms with Crippen LogP contribution in [0.15, 0.2) is 42.6 Å². The number of rotatable bonds is 5. The van der Waals surface area contributed by atoms with E-state index in [1.165, 1.54) is 6.20 Å². The molecule has 21 heavy (non-hydrogen) atoms. The number of aromatic nitrogens is 1. The van der Waals surface area contributed by atoms with Crippen molar-refractivity contribution in [2.75, 3.05) is 17.7 Å². The first-order valence-electron chi connectivity index (χ1n) is 6.09. The van der Waals surface area contributed by atoms with Gasteiger partial charge in [0.2, 0.25) is 0 Å². The number of ether oxygens (including phenoxy) is 1. The van der Waals surface area contributed by atoms with Crippen LogP contribution in [0.3, 0.4) is 0 Å². The van der Waals surface area contributed by atoms with Crippen molar-refractivity contribution in [2.45, 2.75) is 0 Å². The highest BCUT2D eigenvalue weighted by Crippen LogP contribution is 2.18. The third kappa shape index (κ3) is 3.93. The van der Waals surface area contributed by atoms with Crippen molar-refractivity contribution in [1.82, 2.24) is 4.98 Å². The van der Waals surface area contributed by atoms with Gasteiger partial charge >= 0.3 is 0 Å². The SMILES string of the molecule is NC(=O)COc1cccc(NC(=O)c2ncccc2N)c1. The number of amides is 2. The quantitative estimate of drug-likeness (QED) is 0.750. The fourth-order valence-electron chi connectivity index (χ4n) is 1.62. The van der Waals surface area contributed by atoms with E-state index in [0.29, 0.717) is 11.4 Å². The van der Waals surface area contributed by atoms with Crippen LogP contribution < -0.4 is 21.5 Å². The van der Waals surface area contributed by atoms with Gasteiger partial charge in [0.25, 0.3) is 11.8 Å². The highest BCUT2D eigenvalue weighted by atomic mass is 16.5. The first-order chi connectivity index (χ1) is 10.1. The average molecular weight is 286 g/mol. The lowest BCUT2D eigenvalue weighted by molar-refractivity contribution is -0.119. The number of pyridine rings is 1. The van der Waals surface area contributed by atoms with Crippen LogP contribution in [0, 0.1) is 0 Å². The third-order valence-electron chi connectivity index (χ3n) is 2.53. The lowest BCUT2D eigenvalue weighted by atomic mass is 10.2. The van der Waals surface area contributed by atoms with Gasteiger partial charge in [-0.2, -0.15) is 0 Å². The molecule has 0 unspecified atom stereocenters. The zero-order valence-electron chi connectivity index (χ0n) is 11.1. The Bertz CT molecular complexity index is 673. The monoisotopic (exact) mass is 286 g/mol. The Kier molecular flexibility index (Phi) is 4.35. The first-order valence-corrected chi connectivity index (χ1v) is 6.09. The Morgan fingerprint density at radius 2 is 2.05 bits per heavy atom. The molecule has 0 saturated carbocycles. The van der Waals surface area contributed by atoms with E-state index in [1.807, 2.05) is 0 Å². The van der Waals surface area contributed by atoms with Crippen molar-refractivity contribution >= 4 is 23.2 Å². The number of anilines is 2. The highest BCUT2D eigenvalue weighted by Gasteiger charge is 2.11. The summed E-state index contributed by atoms with van der Waals surface area (Å²) in [7, 11) is 0. The molecule has 7 nitrogen and oxygen atoms in total. The van der Waals surface area contributed by atoms with Crippen molar-refractivity contribution in [3.63, 3.8) is 0 Å². The van der Waals surface area contributed by atoms with Gasteiger partial charge in [-0.3, -0.25) is 9.59 Å². The Hall–Kier alpha value is -3.09. The van der Waals surface area contributed by atoms with Crippen molar-refractivity contribution < 1.29 is 14.3 Å². The predicted octanol–water partition coefficient (Wildman–Crippen LogP) is 0.780. The van der Waals surface area contributed by atoms with Gasteiger partial charge in [0.1, 0.15) is 5.75 Å². The van der Waals surface area contributed by atoms with E-state index in [1.54, 1.807) is 36.4 Å². The summed E-state index contributed by atoms with van der Waals surface area (Å²) in [6, 6.07) is 9.80. The van der Waals surface area contributed by atoms with Gasteiger partial charge in [0, 0.05) is 18.0 Å². The van der Waals surface area contributed by atoms with E-state index in [4.69, 9.17) is 16.2 Å². The van der Waals surface area contributed by atoms with Crippen molar-refractivity contribution in [3.05, 3.63) is 48.3 Å². The van der Waals surface area contributed by atoms with E-state index in [-0.39, 0.29) is 18.0 Å². The molecule has 0 aliphatic rings. The van der Waals surface area contributed by atoms with Crippen LogP contribution in [0.25, 0.3) is 0 Å². The fraction of sp³-hybridized carbons (Fsp3) is 0.0714. The molecule has 0 aliphatic heterocycles. The van der Waals surface area contributed by atoms with Gasteiger partial charge in [0.05, 0.1) is 5.69 Å². The number of carbonyl (C=O) groups excluding carboxylic acids is 2. The topological polar surface area (TPSA) is 120 Å². The molecular formula is C14H14N4O3. The lowest BCUT2D eigenvalue weighted by Crippen LogP contribution is -2.20. The maximum atomic E-state index is 12.0. The number of carbonyl (C=O) groups is 2. The standard InChI is InChI=1S/C14H14N4O3/c15-11-5-2-6-17-13(11)14(20)18-9-3-1-4-10(7-9)21-8-12(16)19/h1-7H,8,15H2,(H2,16,19)(H,18,20). The van der Waals surface area contributed by atoms with Crippen LogP contribution >= 0.6 is 0 Å². The number of nitrogens with two attached hydrogens (primary N) is 2. The van der Waals surface area contributed by atoms with E-state index in [9.17, 15) is 9.59 Å². The lowest BCUT2D eigenvalue weighted by Gasteiger charge is -2.08. The number of nitrogens with zero attached hydrogens (tertiary/aromatic N) is 1. The molecule has 7 heteroatoms. The van der Waals surface area contributed by atoms with Gasteiger partial charge in [0.15, 0.2) is 12.3 Å². The number of hydrogen-bond donors (Lipinski definition) is 3. The van der Waals surface area contributed by atoms with Crippen LogP contribution in [0.1, 0.15) is 10.5 Å². The van der Waals surface area contributed by atoms with Gasteiger partial charge < -0.3 is 21.5 Å². The number of hydrogen-bond acceptors (Lipinski definition) is 5. The number of nitrogens with one attached hydrogen (secondary N) is 1. The summed E-state index contributed by atoms with van der Waals surface area (Å²) in [5.41, 5.74) is 11.6. The molecule has 0 radical (unpaired) electrons. The minimum Gasteiger partial charge on any atom is -0.484 e. The normalized spacial score (nSPS) is 9.90. The molecule has 0 aliphatic carbocycles. The first kappa shape index (κ1) is 14.3. The van der Waals surface area contributed by atoms with E-state index >= 15 is 0 Å². The molecule has 0 fully saturated rings. The molecule has 2 aromatic rings. The summed E-state index contributed by atoms with van der Waals surface area (Å²) in [6.45, 7) is -0.232. The molecule has 2 amide bonds. The number of benzene rings is 1. The Labute approximate surface area is 120 Å². The highest BCUT2D eigenvalue weighted by molar-refractivity contribution is 6.06. The predicted molar refractivity (Wildman–Crippen MR) is 77.7 cm³/mol. The van der Waals surface area contributed by atoms with Crippen LogP contribution in [-0.2, 0) is 4.79 Å².